The molecule has 0 aliphatic carbocycles. The highest BCUT2D eigenvalue weighted by Crippen LogP contribution is 2.30. The van der Waals surface area contributed by atoms with Crippen LogP contribution in [0.25, 0.3) is 0 Å². The van der Waals surface area contributed by atoms with Crippen molar-refractivity contribution in [3.8, 4) is 0 Å². The summed E-state index contributed by atoms with van der Waals surface area (Å²) in [5, 5.41) is 0. The molecule has 0 saturated carbocycles. The van der Waals surface area contributed by atoms with E-state index in [2.05, 4.69) is 6.92 Å². The topological polar surface area (TPSA) is 52.6 Å². The summed E-state index contributed by atoms with van der Waals surface area (Å²) in [4.78, 5) is 23.6. The van der Waals surface area contributed by atoms with Crippen LogP contribution in [0.2, 0.25) is 0 Å². The lowest BCUT2D eigenvalue weighted by Crippen LogP contribution is -2.41. The highest BCUT2D eigenvalue weighted by molar-refractivity contribution is 6.44. The molecule has 0 radical (unpaired) electrons. The maximum absolute atomic E-state index is 12.3. The van der Waals surface area contributed by atoms with Gasteiger partial charge in [0.15, 0.2) is 5.41 Å². The lowest BCUT2D eigenvalue weighted by atomic mass is 9.82. The second kappa shape index (κ2) is 11.1. The number of unbranched alkanes of at least 4 members (excludes halogenated alkanes) is 3. The smallest absolute Gasteiger partial charge is 0.323 e. The van der Waals surface area contributed by atoms with Gasteiger partial charge in [-0.1, -0.05) is 40.0 Å². The van der Waals surface area contributed by atoms with E-state index in [1.54, 1.807) is 13.8 Å². The minimum atomic E-state index is -1.26. The molecular weight excluding hydrogens is 315 g/mol. The molecule has 0 N–H and O–H groups in total. The predicted octanol–water partition coefficient (Wildman–Crippen LogP) is 4.26. The van der Waals surface area contributed by atoms with Crippen molar-refractivity contribution in [2.45, 2.75) is 64.1 Å². The second-order valence-corrected chi connectivity index (χ2v) is 6.25. The Morgan fingerprint density at radius 2 is 1.52 bits per heavy atom. The summed E-state index contributed by atoms with van der Waals surface area (Å²) < 4.78 is 10.3. The quantitative estimate of drug-likeness (QED) is 0.244. The van der Waals surface area contributed by atoms with Crippen LogP contribution in [0.5, 0.6) is 0 Å². The van der Waals surface area contributed by atoms with Gasteiger partial charge in [-0.25, -0.2) is 0 Å². The lowest BCUT2D eigenvalue weighted by Gasteiger charge is -2.27. The van der Waals surface area contributed by atoms with Gasteiger partial charge >= 0.3 is 11.9 Å². The molecule has 4 nitrogen and oxygen atoms in total. The molecule has 0 aliphatic rings. The number of halogens is 2. The number of carbonyl (C=O) groups excluding carboxylic acids is 2. The first-order valence-electron chi connectivity index (χ1n) is 7.57. The fraction of sp³-hybridized carbons (Fsp3) is 0.867. The Morgan fingerprint density at radius 1 is 0.952 bits per heavy atom. The minimum absolute atomic E-state index is 0.131. The van der Waals surface area contributed by atoms with Gasteiger partial charge in [-0.15, -0.1) is 23.2 Å². The van der Waals surface area contributed by atoms with Crippen LogP contribution in [-0.4, -0.2) is 30.0 Å². The maximum Gasteiger partial charge on any atom is 0.323 e. The van der Waals surface area contributed by atoms with Crippen molar-refractivity contribution >= 4 is 35.1 Å². The number of ether oxygens (including phenoxy) is 2. The zero-order chi connectivity index (χ0) is 16.3. The van der Waals surface area contributed by atoms with Crippen LogP contribution < -0.4 is 0 Å². The molecule has 0 fully saturated rings. The number of hydrogen-bond acceptors (Lipinski definition) is 4. The molecule has 0 unspecified atom stereocenters. The molecule has 0 aromatic rings. The van der Waals surface area contributed by atoms with Crippen molar-refractivity contribution in [3.05, 3.63) is 0 Å². The van der Waals surface area contributed by atoms with Crippen molar-refractivity contribution in [2.75, 3.05) is 13.2 Å². The van der Waals surface area contributed by atoms with E-state index in [0.717, 1.165) is 25.7 Å². The Labute approximate surface area is 137 Å². The van der Waals surface area contributed by atoms with Gasteiger partial charge in [-0.3, -0.25) is 9.59 Å². The predicted molar refractivity (Wildman–Crippen MR) is 84.6 cm³/mol. The summed E-state index contributed by atoms with van der Waals surface area (Å²) in [6.45, 7) is 5.85. The van der Waals surface area contributed by atoms with E-state index in [1.807, 2.05) is 0 Å². The molecule has 6 heteroatoms. The highest BCUT2D eigenvalue weighted by atomic mass is 35.5. The van der Waals surface area contributed by atoms with Gasteiger partial charge < -0.3 is 9.47 Å². The molecule has 0 atom stereocenters. The molecular formula is C15H26Cl2O4. The summed E-state index contributed by atoms with van der Waals surface area (Å²) in [6, 6.07) is 0. The SMILES string of the molecule is CCCCCCOC(=O)C(CC)(CC)C(=O)OCC(Cl)Cl. The Kier molecular flexibility index (Phi) is 10.9. The van der Waals surface area contributed by atoms with Gasteiger partial charge in [0.25, 0.3) is 0 Å². The average Bonchev–Trinajstić information content (AvgIpc) is 2.46. The molecule has 0 spiro atoms. The number of esters is 2. The van der Waals surface area contributed by atoms with Crippen molar-refractivity contribution in [1.29, 1.82) is 0 Å². The van der Waals surface area contributed by atoms with E-state index in [0.29, 0.717) is 19.4 Å². The van der Waals surface area contributed by atoms with Crippen molar-refractivity contribution in [3.63, 3.8) is 0 Å². The van der Waals surface area contributed by atoms with Crippen LogP contribution in [0.4, 0.5) is 0 Å². The molecule has 0 bridgehead atoms. The molecule has 0 aliphatic heterocycles. The zero-order valence-corrected chi connectivity index (χ0v) is 14.6. The van der Waals surface area contributed by atoms with Crippen molar-refractivity contribution in [1.82, 2.24) is 0 Å². The minimum Gasteiger partial charge on any atom is -0.465 e. The molecule has 21 heavy (non-hydrogen) atoms. The van der Waals surface area contributed by atoms with E-state index in [-0.39, 0.29) is 6.61 Å². The van der Waals surface area contributed by atoms with Gasteiger partial charge in [0.05, 0.1) is 6.61 Å². The van der Waals surface area contributed by atoms with Crippen LogP contribution in [-0.2, 0) is 19.1 Å². The number of rotatable bonds is 11. The van der Waals surface area contributed by atoms with Crippen LogP contribution in [0.15, 0.2) is 0 Å². The van der Waals surface area contributed by atoms with Crippen molar-refractivity contribution < 1.29 is 19.1 Å². The molecule has 0 saturated heterocycles. The first kappa shape index (κ1) is 20.5. The molecule has 124 valence electrons. The molecule has 0 amide bonds. The molecule has 0 rings (SSSR count). The molecule has 0 aromatic carbocycles. The van der Waals surface area contributed by atoms with Gasteiger partial charge in [-0.05, 0) is 19.3 Å². The van der Waals surface area contributed by atoms with E-state index in [1.165, 1.54) is 0 Å². The first-order chi connectivity index (χ1) is 9.94. The van der Waals surface area contributed by atoms with Crippen LogP contribution in [0.1, 0.15) is 59.3 Å². The van der Waals surface area contributed by atoms with E-state index < -0.39 is 22.2 Å². The summed E-state index contributed by atoms with van der Waals surface area (Å²) in [5.74, 6) is -1.13. The summed E-state index contributed by atoms with van der Waals surface area (Å²) >= 11 is 11.1. The van der Waals surface area contributed by atoms with Crippen LogP contribution in [0, 0.1) is 5.41 Å². The summed E-state index contributed by atoms with van der Waals surface area (Å²) in [5.41, 5.74) is -1.26. The Bertz CT molecular complexity index is 315. The average molecular weight is 341 g/mol. The van der Waals surface area contributed by atoms with Crippen molar-refractivity contribution in [2.24, 2.45) is 5.41 Å². The summed E-state index contributed by atoms with van der Waals surface area (Å²) in [6.07, 6.45) is 4.70. The van der Waals surface area contributed by atoms with Gasteiger partial charge in [0, 0.05) is 0 Å². The van der Waals surface area contributed by atoms with Gasteiger partial charge in [0.1, 0.15) is 11.4 Å². The lowest BCUT2D eigenvalue weighted by molar-refractivity contribution is -0.173. The van der Waals surface area contributed by atoms with E-state index in [9.17, 15) is 9.59 Å². The monoisotopic (exact) mass is 340 g/mol. The Balaban J connectivity index is 4.54. The number of carbonyl (C=O) groups is 2. The Hall–Kier alpha value is -0.480. The third-order valence-electron chi connectivity index (χ3n) is 3.56. The third-order valence-corrected chi connectivity index (χ3v) is 3.81. The first-order valence-corrected chi connectivity index (χ1v) is 8.44. The number of alkyl halides is 2. The fourth-order valence-corrected chi connectivity index (χ4v) is 2.15. The fourth-order valence-electron chi connectivity index (χ4n) is 2.02. The van der Waals surface area contributed by atoms with Crippen LogP contribution >= 0.6 is 23.2 Å². The standard InChI is InChI=1S/C15H26Cl2O4/c1-4-7-8-9-10-20-13(18)15(5-2,6-3)14(19)21-11-12(16)17/h12H,4-11H2,1-3H3. The second-order valence-electron chi connectivity index (χ2n) is 4.98. The van der Waals surface area contributed by atoms with Crippen LogP contribution in [0.3, 0.4) is 0 Å². The maximum atomic E-state index is 12.3. The Morgan fingerprint density at radius 3 is 2.00 bits per heavy atom. The van der Waals surface area contributed by atoms with E-state index >= 15 is 0 Å². The van der Waals surface area contributed by atoms with Gasteiger partial charge in [0.2, 0.25) is 0 Å². The molecule has 0 heterocycles. The molecule has 0 aromatic heterocycles. The largest absolute Gasteiger partial charge is 0.465 e. The summed E-state index contributed by atoms with van der Waals surface area (Å²) in [7, 11) is 0. The zero-order valence-electron chi connectivity index (χ0n) is 13.1. The third kappa shape index (κ3) is 6.88. The highest BCUT2D eigenvalue weighted by Gasteiger charge is 2.46. The van der Waals surface area contributed by atoms with Gasteiger partial charge in [-0.2, -0.15) is 0 Å². The number of hydrogen-bond donors (Lipinski definition) is 0. The van der Waals surface area contributed by atoms with E-state index in [4.69, 9.17) is 32.7 Å². The normalized spacial score (nSPS) is 11.5.